The first kappa shape index (κ1) is 12.8. The Morgan fingerprint density at radius 2 is 2.12 bits per heavy atom. The van der Waals surface area contributed by atoms with Gasteiger partial charge in [-0.2, -0.15) is 0 Å². The zero-order valence-corrected chi connectivity index (χ0v) is 11.5. The predicted octanol–water partition coefficient (Wildman–Crippen LogP) is 3.68. The number of hydrogen-bond acceptors (Lipinski definition) is 2. The van der Waals surface area contributed by atoms with E-state index in [1.807, 2.05) is 6.92 Å². The number of aliphatic hydroxyl groups excluding tert-OH is 1. The summed E-state index contributed by atoms with van der Waals surface area (Å²) in [7, 11) is 1.49. The molecule has 1 aliphatic rings. The number of halogens is 2. The smallest absolute Gasteiger partial charge is 0.141 e. The summed E-state index contributed by atoms with van der Waals surface area (Å²) in [6, 6.07) is 2.92. The minimum atomic E-state index is -0.602. The van der Waals surface area contributed by atoms with Crippen LogP contribution in [0.15, 0.2) is 16.6 Å². The van der Waals surface area contributed by atoms with E-state index in [-0.39, 0.29) is 11.7 Å². The average molecular weight is 303 g/mol. The molecule has 0 aromatic heterocycles. The fraction of sp³-hybridized carbons (Fsp3) is 0.538. The molecule has 1 saturated carbocycles. The predicted molar refractivity (Wildman–Crippen MR) is 67.5 cm³/mol. The second-order valence-corrected chi connectivity index (χ2v) is 5.50. The van der Waals surface area contributed by atoms with Gasteiger partial charge in [-0.25, -0.2) is 4.39 Å². The van der Waals surface area contributed by atoms with Crippen LogP contribution in [0.4, 0.5) is 4.39 Å². The summed E-state index contributed by atoms with van der Waals surface area (Å²) in [6.45, 7) is 2.03. The first-order valence-electron chi connectivity index (χ1n) is 5.75. The topological polar surface area (TPSA) is 29.5 Å². The molecule has 1 N–H and O–H groups in total. The second-order valence-electron chi connectivity index (χ2n) is 4.65. The Morgan fingerprint density at radius 3 is 2.65 bits per heavy atom. The van der Waals surface area contributed by atoms with Gasteiger partial charge in [-0.3, -0.25) is 0 Å². The van der Waals surface area contributed by atoms with E-state index in [0.29, 0.717) is 21.7 Å². The van der Waals surface area contributed by atoms with Gasteiger partial charge in [0, 0.05) is 11.6 Å². The van der Waals surface area contributed by atoms with E-state index in [0.717, 1.165) is 0 Å². The highest BCUT2D eigenvalue weighted by Crippen LogP contribution is 2.44. The van der Waals surface area contributed by atoms with Crippen LogP contribution < -0.4 is 4.74 Å². The lowest BCUT2D eigenvalue weighted by atomic mass is 9.93. The lowest BCUT2D eigenvalue weighted by Gasteiger charge is -2.21. The van der Waals surface area contributed by atoms with Crippen molar-refractivity contribution in [3.63, 3.8) is 0 Å². The molecule has 0 spiro atoms. The molecule has 1 aromatic rings. The Hall–Kier alpha value is -0.610. The van der Waals surface area contributed by atoms with E-state index < -0.39 is 6.10 Å². The van der Waals surface area contributed by atoms with Crippen LogP contribution >= 0.6 is 15.9 Å². The lowest BCUT2D eigenvalue weighted by molar-refractivity contribution is 0.103. The fourth-order valence-corrected chi connectivity index (χ4v) is 2.48. The Balaban J connectivity index is 2.32. The Kier molecular flexibility index (Phi) is 3.73. The summed E-state index contributed by atoms with van der Waals surface area (Å²) in [4.78, 5) is 0. The van der Waals surface area contributed by atoms with Crippen molar-refractivity contribution in [2.24, 2.45) is 11.8 Å². The molecular formula is C13H16BrFO2. The summed E-state index contributed by atoms with van der Waals surface area (Å²) >= 11 is 3.14. The normalized spacial score (nSPS) is 18.9. The molecule has 0 amide bonds. The SMILES string of the molecule is COc1cc(F)c(Br)cc1C(O)C(C)C1CC1. The van der Waals surface area contributed by atoms with Crippen molar-refractivity contribution in [3.05, 3.63) is 28.0 Å². The van der Waals surface area contributed by atoms with Gasteiger partial charge < -0.3 is 9.84 Å². The highest BCUT2D eigenvalue weighted by atomic mass is 79.9. The molecule has 2 unspecified atom stereocenters. The summed E-state index contributed by atoms with van der Waals surface area (Å²) in [5.41, 5.74) is 0.653. The number of aliphatic hydroxyl groups is 1. The molecule has 4 heteroatoms. The van der Waals surface area contributed by atoms with Crippen LogP contribution in [-0.4, -0.2) is 12.2 Å². The van der Waals surface area contributed by atoms with Crippen LogP contribution in [0.25, 0.3) is 0 Å². The van der Waals surface area contributed by atoms with Gasteiger partial charge in [-0.05, 0) is 46.7 Å². The van der Waals surface area contributed by atoms with E-state index in [4.69, 9.17) is 4.74 Å². The summed E-state index contributed by atoms with van der Waals surface area (Å²) in [6.07, 6.45) is 1.74. The fourth-order valence-electron chi connectivity index (χ4n) is 2.11. The first-order chi connectivity index (χ1) is 8.04. The van der Waals surface area contributed by atoms with E-state index in [1.165, 1.54) is 26.0 Å². The molecule has 0 heterocycles. The Bertz CT molecular complexity index is 418. The molecule has 2 nitrogen and oxygen atoms in total. The van der Waals surface area contributed by atoms with Crippen LogP contribution in [0, 0.1) is 17.7 Å². The molecule has 0 aliphatic heterocycles. The van der Waals surface area contributed by atoms with E-state index >= 15 is 0 Å². The van der Waals surface area contributed by atoms with Gasteiger partial charge in [-0.15, -0.1) is 0 Å². The zero-order valence-electron chi connectivity index (χ0n) is 9.91. The minimum Gasteiger partial charge on any atom is -0.496 e. The van der Waals surface area contributed by atoms with Crippen molar-refractivity contribution >= 4 is 15.9 Å². The van der Waals surface area contributed by atoms with Crippen LogP contribution in [-0.2, 0) is 0 Å². The van der Waals surface area contributed by atoms with E-state index in [1.54, 1.807) is 6.07 Å². The molecule has 17 heavy (non-hydrogen) atoms. The third-order valence-electron chi connectivity index (χ3n) is 3.45. The van der Waals surface area contributed by atoms with Gasteiger partial charge in [0.05, 0.1) is 17.7 Å². The first-order valence-corrected chi connectivity index (χ1v) is 6.55. The van der Waals surface area contributed by atoms with Gasteiger partial charge in [0.2, 0.25) is 0 Å². The molecule has 2 rings (SSSR count). The summed E-state index contributed by atoms with van der Waals surface area (Å²) < 4.78 is 18.9. The lowest BCUT2D eigenvalue weighted by Crippen LogP contribution is -2.12. The summed E-state index contributed by atoms with van der Waals surface area (Å²) in [5, 5.41) is 10.3. The highest BCUT2D eigenvalue weighted by molar-refractivity contribution is 9.10. The molecule has 0 bridgehead atoms. The molecule has 2 atom stereocenters. The average Bonchev–Trinajstić information content (AvgIpc) is 3.14. The third kappa shape index (κ3) is 2.63. The molecule has 94 valence electrons. The van der Waals surface area contributed by atoms with Crippen molar-refractivity contribution in [2.45, 2.75) is 25.9 Å². The molecule has 0 radical (unpaired) electrons. The minimum absolute atomic E-state index is 0.182. The third-order valence-corrected chi connectivity index (χ3v) is 4.06. The van der Waals surface area contributed by atoms with Gasteiger partial charge in [-0.1, -0.05) is 6.92 Å². The highest BCUT2D eigenvalue weighted by Gasteiger charge is 2.34. The maximum absolute atomic E-state index is 13.4. The van der Waals surface area contributed by atoms with Crippen LogP contribution in [0.2, 0.25) is 0 Å². The number of benzene rings is 1. The summed E-state index contributed by atoms with van der Waals surface area (Å²) in [5.74, 6) is 0.794. The number of methoxy groups -OCH3 is 1. The number of hydrogen-bond donors (Lipinski definition) is 1. The standard InChI is InChI=1S/C13H16BrFO2/c1-7(8-3-4-8)13(16)9-5-10(14)11(15)6-12(9)17-2/h5-8,13,16H,3-4H2,1-2H3. The largest absolute Gasteiger partial charge is 0.496 e. The van der Waals surface area contributed by atoms with E-state index in [9.17, 15) is 9.50 Å². The van der Waals surface area contributed by atoms with Gasteiger partial charge in [0.25, 0.3) is 0 Å². The van der Waals surface area contributed by atoms with Crippen molar-refractivity contribution in [1.29, 1.82) is 0 Å². The molecule has 1 aromatic carbocycles. The maximum Gasteiger partial charge on any atom is 0.141 e. The Morgan fingerprint density at radius 1 is 1.47 bits per heavy atom. The van der Waals surface area contributed by atoms with Crippen molar-refractivity contribution < 1.29 is 14.2 Å². The number of rotatable bonds is 4. The zero-order chi connectivity index (χ0) is 12.6. The second kappa shape index (κ2) is 4.94. The monoisotopic (exact) mass is 302 g/mol. The van der Waals surface area contributed by atoms with Gasteiger partial charge >= 0.3 is 0 Å². The number of ether oxygens (including phenoxy) is 1. The molecule has 1 aliphatic carbocycles. The van der Waals surface area contributed by atoms with Crippen molar-refractivity contribution in [3.8, 4) is 5.75 Å². The van der Waals surface area contributed by atoms with E-state index in [2.05, 4.69) is 15.9 Å². The van der Waals surface area contributed by atoms with Crippen molar-refractivity contribution in [1.82, 2.24) is 0 Å². The quantitative estimate of drug-likeness (QED) is 0.919. The van der Waals surface area contributed by atoms with Gasteiger partial charge in [0.1, 0.15) is 11.6 Å². The van der Waals surface area contributed by atoms with Crippen LogP contribution in [0.1, 0.15) is 31.4 Å². The molecular weight excluding hydrogens is 287 g/mol. The Labute approximate surface area is 109 Å². The molecule has 1 fully saturated rings. The van der Waals surface area contributed by atoms with Crippen LogP contribution in [0.5, 0.6) is 5.75 Å². The van der Waals surface area contributed by atoms with Crippen LogP contribution in [0.3, 0.4) is 0 Å². The van der Waals surface area contributed by atoms with Crippen molar-refractivity contribution in [2.75, 3.05) is 7.11 Å². The van der Waals surface area contributed by atoms with Gasteiger partial charge in [0.15, 0.2) is 0 Å². The maximum atomic E-state index is 13.4. The molecule has 0 saturated heterocycles.